The molecule has 0 spiro atoms. The maximum absolute atomic E-state index is 12.7. The van der Waals surface area contributed by atoms with Crippen LogP contribution in [0.4, 0.5) is 0 Å². The van der Waals surface area contributed by atoms with Crippen LogP contribution in [-0.4, -0.2) is 21.1 Å². The van der Waals surface area contributed by atoms with E-state index in [1.54, 1.807) is 30.5 Å². The van der Waals surface area contributed by atoms with Gasteiger partial charge in [-0.2, -0.15) is 0 Å². The van der Waals surface area contributed by atoms with Crippen molar-refractivity contribution in [3.05, 3.63) is 120 Å². The van der Waals surface area contributed by atoms with Crippen LogP contribution in [-0.2, 0) is 13.2 Å². The minimum atomic E-state index is -0.174. The zero-order valence-electron chi connectivity index (χ0n) is 19.7. The fourth-order valence-corrected chi connectivity index (χ4v) is 3.67. The number of benzene rings is 3. The summed E-state index contributed by atoms with van der Waals surface area (Å²) in [5.74, 6) is 1.41. The van der Waals surface area contributed by atoms with Gasteiger partial charge in [0, 0.05) is 29.4 Å². The van der Waals surface area contributed by atoms with Crippen LogP contribution in [0, 0.1) is 6.92 Å². The van der Waals surface area contributed by atoms with Crippen LogP contribution in [0.1, 0.15) is 27.2 Å². The van der Waals surface area contributed by atoms with Gasteiger partial charge in [-0.05, 0) is 73.2 Å². The SMILES string of the molecule is Cc1cccc(-c2nnc(-c3ccc(C(=O)NCc4cccc(OCc5ccccn5)c4)cc3)o2)c1. The van der Waals surface area contributed by atoms with Crippen molar-refractivity contribution in [3.63, 3.8) is 0 Å². The molecule has 0 radical (unpaired) electrons. The van der Waals surface area contributed by atoms with Gasteiger partial charge in [0.2, 0.25) is 11.8 Å². The highest BCUT2D eigenvalue weighted by molar-refractivity contribution is 5.94. The van der Waals surface area contributed by atoms with Crippen molar-refractivity contribution in [3.8, 4) is 28.7 Å². The molecule has 1 N–H and O–H groups in total. The molecule has 7 heteroatoms. The Balaban J connectivity index is 1.18. The first-order chi connectivity index (χ1) is 17.6. The third-order valence-corrected chi connectivity index (χ3v) is 5.55. The van der Waals surface area contributed by atoms with Crippen LogP contribution in [0.15, 0.2) is 102 Å². The molecule has 0 atom stereocenters. The summed E-state index contributed by atoms with van der Waals surface area (Å²) in [6, 6.07) is 28.3. The number of carbonyl (C=O) groups excluding carboxylic acids is 1. The molecule has 2 heterocycles. The summed E-state index contributed by atoms with van der Waals surface area (Å²) in [4.78, 5) is 16.9. The molecule has 0 saturated carbocycles. The molecule has 0 aliphatic heterocycles. The quantitative estimate of drug-likeness (QED) is 0.313. The first kappa shape index (κ1) is 23.0. The molecule has 7 nitrogen and oxygen atoms in total. The number of hydrogen-bond donors (Lipinski definition) is 1. The Labute approximate surface area is 208 Å². The molecule has 0 bridgehead atoms. The van der Waals surface area contributed by atoms with E-state index in [1.807, 2.05) is 73.7 Å². The van der Waals surface area contributed by atoms with Gasteiger partial charge in [0.05, 0.1) is 5.69 Å². The number of hydrogen-bond acceptors (Lipinski definition) is 6. The van der Waals surface area contributed by atoms with Crippen molar-refractivity contribution in [2.75, 3.05) is 0 Å². The van der Waals surface area contributed by atoms with E-state index in [9.17, 15) is 4.79 Å². The highest BCUT2D eigenvalue weighted by Gasteiger charge is 2.12. The highest BCUT2D eigenvalue weighted by Crippen LogP contribution is 2.24. The Morgan fingerprint density at radius 3 is 2.44 bits per heavy atom. The van der Waals surface area contributed by atoms with E-state index in [4.69, 9.17) is 9.15 Å². The van der Waals surface area contributed by atoms with Crippen LogP contribution in [0.25, 0.3) is 22.9 Å². The van der Waals surface area contributed by atoms with Gasteiger partial charge in [0.25, 0.3) is 5.91 Å². The van der Waals surface area contributed by atoms with Crippen molar-refractivity contribution in [1.29, 1.82) is 0 Å². The Morgan fingerprint density at radius 2 is 1.67 bits per heavy atom. The van der Waals surface area contributed by atoms with Crippen LogP contribution in [0.3, 0.4) is 0 Å². The standard InChI is InChI=1S/C29H24N4O3/c1-20-6-4-8-24(16-20)29-33-32-28(36-29)23-13-11-22(12-14-23)27(34)31-18-21-7-5-10-26(17-21)35-19-25-9-2-3-15-30-25/h2-17H,18-19H2,1H3,(H,31,34). The number of amides is 1. The predicted molar refractivity (Wildman–Crippen MR) is 136 cm³/mol. The summed E-state index contributed by atoms with van der Waals surface area (Å²) in [6.45, 7) is 2.78. The fourth-order valence-electron chi connectivity index (χ4n) is 3.67. The monoisotopic (exact) mass is 476 g/mol. The maximum atomic E-state index is 12.7. The molecule has 0 fully saturated rings. The third kappa shape index (κ3) is 5.64. The maximum Gasteiger partial charge on any atom is 0.251 e. The normalized spacial score (nSPS) is 10.7. The molecule has 1 amide bonds. The molecule has 0 aliphatic rings. The largest absolute Gasteiger partial charge is 0.487 e. The van der Waals surface area contributed by atoms with Gasteiger partial charge in [-0.3, -0.25) is 9.78 Å². The minimum absolute atomic E-state index is 0.174. The van der Waals surface area contributed by atoms with E-state index >= 15 is 0 Å². The van der Waals surface area contributed by atoms with Gasteiger partial charge in [0.15, 0.2) is 0 Å². The lowest BCUT2D eigenvalue weighted by Crippen LogP contribution is -2.22. The molecule has 3 aromatic carbocycles. The summed E-state index contributed by atoms with van der Waals surface area (Å²) < 4.78 is 11.7. The molecule has 0 unspecified atom stereocenters. The topological polar surface area (TPSA) is 90.1 Å². The van der Waals surface area contributed by atoms with E-state index in [0.29, 0.717) is 30.5 Å². The highest BCUT2D eigenvalue weighted by atomic mass is 16.5. The average molecular weight is 477 g/mol. The Morgan fingerprint density at radius 1 is 0.861 bits per heavy atom. The molecule has 0 aliphatic carbocycles. The van der Waals surface area contributed by atoms with E-state index in [2.05, 4.69) is 20.5 Å². The van der Waals surface area contributed by atoms with Gasteiger partial charge in [-0.15, -0.1) is 10.2 Å². The smallest absolute Gasteiger partial charge is 0.251 e. The van der Waals surface area contributed by atoms with Gasteiger partial charge in [-0.1, -0.05) is 35.9 Å². The number of nitrogens with zero attached hydrogens (tertiary/aromatic N) is 3. The fraction of sp³-hybridized carbons (Fsp3) is 0.103. The van der Waals surface area contributed by atoms with Crippen LogP contribution < -0.4 is 10.1 Å². The van der Waals surface area contributed by atoms with Crippen molar-refractivity contribution in [2.24, 2.45) is 0 Å². The van der Waals surface area contributed by atoms with Crippen LogP contribution in [0.2, 0.25) is 0 Å². The van der Waals surface area contributed by atoms with E-state index in [0.717, 1.165) is 33.7 Å². The van der Waals surface area contributed by atoms with Crippen molar-refractivity contribution >= 4 is 5.91 Å². The van der Waals surface area contributed by atoms with Gasteiger partial charge in [-0.25, -0.2) is 0 Å². The molecule has 36 heavy (non-hydrogen) atoms. The number of nitrogens with one attached hydrogen (secondary N) is 1. The van der Waals surface area contributed by atoms with Gasteiger partial charge < -0.3 is 14.5 Å². The molecular formula is C29H24N4O3. The summed E-state index contributed by atoms with van der Waals surface area (Å²) in [5.41, 5.74) is 5.07. The molecule has 178 valence electrons. The zero-order chi connectivity index (χ0) is 24.7. The van der Waals surface area contributed by atoms with Crippen molar-refractivity contribution in [1.82, 2.24) is 20.5 Å². The van der Waals surface area contributed by atoms with Gasteiger partial charge >= 0.3 is 0 Å². The van der Waals surface area contributed by atoms with E-state index in [-0.39, 0.29) is 5.91 Å². The number of rotatable bonds is 8. The molecular weight excluding hydrogens is 452 g/mol. The molecule has 0 saturated heterocycles. The summed E-state index contributed by atoms with van der Waals surface area (Å²) in [6.07, 6.45) is 1.74. The number of carbonyl (C=O) groups is 1. The Kier molecular flexibility index (Phi) is 6.80. The predicted octanol–water partition coefficient (Wildman–Crippen LogP) is 5.62. The first-order valence-electron chi connectivity index (χ1n) is 11.5. The summed E-state index contributed by atoms with van der Waals surface area (Å²) in [7, 11) is 0. The second-order valence-electron chi connectivity index (χ2n) is 8.30. The summed E-state index contributed by atoms with van der Waals surface area (Å²) >= 11 is 0. The average Bonchev–Trinajstić information content (AvgIpc) is 3.42. The zero-order valence-corrected chi connectivity index (χ0v) is 19.7. The van der Waals surface area contributed by atoms with Crippen molar-refractivity contribution < 1.29 is 13.9 Å². The molecule has 2 aromatic heterocycles. The number of aromatic nitrogens is 3. The Hall–Kier alpha value is -4.78. The van der Waals surface area contributed by atoms with Crippen LogP contribution >= 0.6 is 0 Å². The van der Waals surface area contributed by atoms with E-state index < -0.39 is 0 Å². The molecule has 5 rings (SSSR count). The molecule has 5 aromatic rings. The third-order valence-electron chi connectivity index (χ3n) is 5.55. The van der Waals surface area contributed by atoms with Crippen LogP contribution in [0.5, 0.6) is 5.75 Å². The lowest BCUT2D eigenvalue weighted by molar-refractivity contribution is 0.0951. The Bertz CT molecular complexity index is 1460. The first-order valence-corrected chi connectivity index (χ1v) is 11.5. The lowest BCUT2D eigenvalue weighted by atomic mass is 10.1. The second kappa shape index (κ2) is 10.7. The number of ether oxygens (including phenoxy) is 1. The number of aryl methyl sites for hydroxylation is 1. The lowest BCUT2D eigenvalue weighted by Gasteiger charge is -2.09. The minimum Gasteiger partial charge on any atom is -0.487 e. The van der Waals surface area contributed by atoms with Gasteiger partial charge in [0.1, 0.15) is 12.4 Å². The second-order valence-corrected chi connectivity index (χ2v) is 8.30. The van der Waals surface area contributed by atoms with E-state index in [1.165, 1.54) is 0 Å². The number of pyridine rings is 1. The summed E-state index contributed by atoms with van der Waals surface area (Å²) in [5, 5.41) is 11.3. The van der Waals surface area contributed by atoms with Crippen molar-refractivity contribution in [2.45, 2.75) is 20.1 Å².